The maximum Gasteiger partial charge on any atom is 0.315 e. The van der Waals surface area contributed by atoms with Gasteiger partial charge in [-0.1, -0.05) is 56.2 Å². The van der Waals surface area contributed by atoms with E-state index in [0.29, 0.717) is 0 Å². The minimum atomic E-state index is -0.218. The molecule has 0 aromatic heterocycles. The third kappa shape index (κ3) is 3.69. The van der Waals surface area contributed by atoms with E-state index in [1.165, 1.54) is 0 Å². The predicted molar refractivity (Wildman–Crippen MR) is 108 cm³/mol. The van der Waals surface area contributed by atoms with Gasteiger partial charge in [-0.3, -0.25) is 0 Å². The molecule has 0 bridgehead atoms. The molecule has 2 aromatic carbocycles. The van der Waals surface area contributed by atoms with Gasteiger partial charge in [-0.25, -0.2) is 4.79 Å². The first-order valence-corrected chi connectivity index (χ1v) is 9.43. The largest absolute Gasteiger partial charge is 0.344 e. The first kappa shape index (κ1) is 18.3. The number of unbranched alkanes of at least 4 members (excludes halogenated alkanes) is 1. The van der Waals surface area contributed by atoms with Crippen LogP contribution >= 0.6 is 0 Å². The number of anilines is 2. The lowest BCUT2D eigenvalue weighted by Gasteiger charge is -2.36. The zero-order chi connectivity index (χ0) is 18.7. The number of amides is 2. The first-order chi connectivity index (χ1) is 12.4. The lowest BCUT2D eigenvalue weighted by molar-refractivity contribution is 0.225. The van der Waals surface area contributed by atoms with Gasteiger partial charge in [0, 0.05) is 35.1 Å². The number of para-hydroxylation sites is 2. The quantitative estimate of drug-likeness (QED) is 0.785. The third-order valence-electron chi connectivity index (χ3n) is 5.10. The summed E-state index contributed by atoms with van der Waals surface area (Å²) in [5.41, 5.74) is 4.28. The van der Waals surface area contributed by atoms with Gasteiger partial charge in [0.1, 0.15) is 0 Å². The zero-order valence-corrected chi connectivity index (χ0v) is 16.2. The second kappa shape index (κ2) is 7.40. The van der Waals surface area contributed by atoms with Crippen LogP contribution in [0.3, 0.4) is 0 Å². The second-order valence-electron chi connectivity index (χ2n) is 7.70. The van der Waals surface area contributed by atoms with Gasteiger partial charge >= 0.3 is 6.03 Å². The molecule has 0 fully saturated rings. The van der Waals surface area contributed by atoms with Crippen molar-refractivity contribution in [2.75, 3.05) is 11.9 Å². The van der Waals surface area contributed by atoms with Crippen molar-refractivity contribution in [3.05, 3.63) is 59.7 Å². The lowest BCUT2D eigenvalue weighted by atomic mass is 9.91. The van der Waals surface area contributed by atoms with Crippen LogP contribution in [-0.2, 0) is 0 Å². The van der Waals surface area contributed by atoms with E-state index in [1.54, 1.807) is 0 Å². The van der Waals surface area contributed by atoms with Crippen molar-refractivity contribution in [2.45, 2.75) is 51.6 Å². The monoisotopic (exact) mass is 351 g/mol. The fraction of sp³-hybridized carbons (Fsp3) is 0.409. The highest BCUT2D eigenvalue weighted by Crippen LogP contribution is 2.43. The van der Waals surface area contributed by atoms with E-state index in [2.05, 4.69) is 67.6 Å². The summed E-state index contributed by atoms with van der Waals surface area (Å²) in [5, 5.41) is 6.36. The third-order valence-corrected chi connectivity index (χ3v) is 5.10. The van der Waals surface area contributed by atoms with Crippen molar-refractivity contribution in [3.8, 4) is 0 Å². The molecule has 0 atom stereocenters. The van der Waals surface area contributed by atoms with E-state index in [1.807, 2.05) is 24.3 Å². The van der Waals surface area contributed by atoms with Crippen molar-refractivity contribution in [3.63, 3.8) is 0 Å². The molecule has 1 heterocycles. The predicted octanol–water partition coefficient (Wildman–Crippen LogP) is 5.13. The summed E-state index contributed by atoms with van der Waals surface area (Å²) in [5.74, 6) is 0. The number of nitrogens with zero attached hydrogens (tertiary/aromatic N) is 1. The Bertz CT molecular complexity index is 737. The number of carbonyl (C=O) groups is 1. The van der Waals surface area contributed by atoms with Crippen LogP contribution in [0.4, 0.5) is 16.2 Å². The topological polar surface area (TPSA) is 44.4 Å². The number of carbonyl (C=O) groups excluding carboxylic acids is 1. The lowest BCUT2D eigenvalue weighted by Crippen LogP contribution is -2.49. The molecule has 4 nitrogen and oxygen atoms in total. The molecule has 3 rings (SSSR count). The number of rotatable bonds is 5. The number of fused-ring (bicyclic) bond motifs is 2. The maximum atomic E-state index is 12.8. The van der Waals surface area contributed by atoms with Crippen molar-refractivity contribution in [1.29, 1.82) is 0 Å². The Morgan fingerprint density at radius 3 is 2.12 bits per heavy atom. The van der Waals surface area contributed by atoms with Crippen LogP contribution in [0.25, 0.3) is 0 Å². The smallest absolute Gasteiger partial charge is 0.315 e. The van der Waals surface area contributed by atoms with Gasteiger partial charge in [-0.15, -0.1) is 0 Å². The Hall–Kier alpha value is -2.49. The highest BCUT2D eigenvalue weighted by atomic mass is 16.2. The minimum Gasteiger partial charge on any atom is -0.344 e. The van der Waals surface area contributed by atoms with Gasteiger partial charge in [0.05, 0.1) is 6.04 Å². The van der Waals surface area contributed by atoms with Crippen molar-refractivity contribution < 1.29 is 4.79 Å². The number of nitrogens with one attached hydrogen (secondary N) is 2. The maximum absolute atomic E-state index is 12.8. The van der Waals surface area contributed by atoms with E-state index in [9.17, 15) is 4.79 Å². The standard InChI is InChI=1S/C22H29N3O/c1-5-6-15-22(2,3)24-21(26)23-20-16-11-7-9-13-18(16)25(4)19-14-10-8-12-17(19)20/h7-14,20H,5-6,15H2,1-4H3,(H2,23,24,26). The van der Waals surface area contributed by atoms with Crippen molar-refractivity contribution in [2.24, 2.45) is 0 Å². The Balaban J connectivity index is 1.86. The Morgan fingerprint density at radius 1 is 1.04 bits per heavy atom. The van der Waals surface area contributed by atoms with Gasteiger partial charge in [0.15, 0.2) is 0 Å². The van der Waals surface area contributed by atoms with Gasteiger partial charge < -0.3 is 15.5 Å². The highest BCUT2D eigenvalue weighted by Gasteiger charge is 2.30. The Kier molecular flexibility index (Phi) is 5.21. The first-order valence-electron chi connectivity index (χ1n) is 9.43. The number of hydrogen-bond donors (Lipinski definition) is 2. The van der Waals surface area contributed by atoms with E-state index < -0.39 is 0 Å². The Morgan fingerprint density at radius 2 is 1.58 bits per heavy atom. The van der Waals surface area contributed by atoms with E-state index in [0.717, 1.165) is 41.8 Å². The van der Waals surface area contributed by atoms with Gasteiger partial charge in [0.25, 0.3) is 0 Å². The molecule has 138 valence electrons. The van der Waals surface area contributed by atoms with Crippen LogP contribution in [0.2, 0.25) is 0 Å². The molecule has 4 heteroatoms. The van der Waals surface area contributed by atoms with Crippen LogP contribution in [0.1, 0.15) is 57.2 Å². The van der Waals surface area contributed by atoms with Crippen molar-refractivity contribution >= 4 is 17.4 Å². The summed E-state index contributed by atoms with van der Waals surface area (Å²) in [7, 11) is 2.07. The fourth-order valence-corrected chi connectivity index (χ4v) is 3.68. The van der Waals surface area contributed by atoms with Crippen LogP contribution in [0.15, 0.2) is 48.5 Å². The van der Waals surface area contributed by atoms with E-state index in [4.69, 9.17) is 0 Å². The van der Waals surface area contributed by atoms with Crippen LogP contribution in [0, 0.1) is 0 Å². The zero-order valence-electron chi connectivity index (χ0n) is 16.2. The molecular weight excluding hydrogens is 322 g/mol. The van der Waals surface area contributed by atoms with Crippen LogP contribution in [0.5, 0.6) is 0 Å². The molecule has 0 saturated heterocycles. The molecule has 1 aliphatic heterocycles. The van der Waals surface area contributed by atoms with Crippen LogP contribution < -0.4 is 15.5 Å². The molecule has 26 heavy (non-hydrogen) atoms. The molecular formula is C22H29N3O. The molecule has 2 amide bonds. The van der Waals surface area contributed by atoms with Gasteiger partial charge in [-0.2, -0.15) is 0 Å². The summed E-state index contributed by atoms with van der Waals surface area (Å²) < 4.78 is 0. The summed E-state index contributed by atoms with van der Waals surface area (Å²) in [4.78, 5) is 14.9. The van der Waals surface area contributed by atoms with Gasteiger partial charge in [-0.05, 0) is 32.4 Å². The summed E-state index contributed by atoms with van der Waals surface area (Å²) in [6, 6.07) is 16.2. The van der Waals surface area contributed by atoms with E-state index >= 15 is 0 Å². The molecule has 0 spiro atoms. The number of hydrogen-bond acceptors (Lipinski definition) is 2. The summed E-state index contributed by atoms with van der Waals surface area (Å²) in [6.07, 6.45) is 3.20. The van der Waals surface area contributed by atoms with E-state index in [-0.39, 0.29) is 17.6 Å². The molecule has 0 unspecified atom stereocenters. The SMILES string of the molecule is CCCCC(C)(C)NC(=O)NC1c2ccccc2N(C)c2ccccc21. The molecule has 0 saturated carbocycles. The average Bonchev–Trinajstić information content (AvgIpc) is 2.63. The number of benzene rings is 2. The highest BCUT2D eigenvalue weighted by molar-refractivity contribution is 5.80. The minimum absolute atomic E-state index is 0.120. The summed E-state index contributed by atoms with van der Waals surface area (Å²) in [6.45, 7) is 6.33. The molecule has 0 aliphatic carbocycles. The molecule has 0 radical (unpaired) electrons. The Labute approximate surface area is 156 Å². The molecule has 1 aliphatic rings. The normalized spacial score (nSPS) is 13.8. The fourth-order valence-electron chi connectivity index (χ4n) is 3.68. The summed E-state index contributed by atoms with van der Waals surface area (Å²) >= 11 is 0. The molecule has 2 aromatic rings. The average molecular weight is 351 g/mol. The molecule has 2 N–H and O–H groups in total. The number of urea groups is 1. The van der Waals surface area contributed by atoms with Crippen molar-refractivity contribution in [1.82, 2.24) is 10.6 Å². The van der Waals surface area contributed by atoms with Gasteiger partial charge in [0.2, 0.25) is 0 Å². The second-order valence-corrected chi connectivity index (χ2v) is 7.70. The van der Waals surface area contributed by atoms with Crippen LogP contribution in [-0.4, -0.2) is 18.6 Å².